The molecular weight excluding hydrogens is 326 g/mol. The summed E-state index contributed by atoms with van der Waals surface area (Å²) in [6, 6.07) is 28.6. The van der Waals surface area contributed by atoms with Gasteiger partial charge in [0, 0.05) is 23.2 Å². The lowest BCUT2D eigenvalue weighted by Crippen LogP contribution is -2.26. The Balaban J connectivity index is 1.74. The van der Waals surface area contributed by atoms with Crippen molar-refractivity contribution in [3.63, 3.8) is 0 Å². The van der Waals surface area contributed by atoms with Gasteiger partial charge in [0.2, 0.25) is 0 Å². The van der Waals surface area contributed by atoms with Crippen LogP contribution in [0, 0.1) is 6.92 Å². The molecule has 0 aromatic heterocycles. The number of aryl methyl sites for hydroxylation is 1. The minimum Gasteiger partial charge on any atom is -0.305 e. The van der Waals surface area contributed by atoms with Crippen LogP contribution in [0.5, 0.6) is 0 Å². The van der Waals surface area contributed by atoms with E-state index in [0.717, 1.165) is 11.4 Å². The molecule has 0 heterocycles. The third kappa shape index (κ3) is 5.12. The van der Waals surface area contributed by atoms with Crippen LogP contribution in [-0.2, 0) is 17.3 Å². The quantitative estimate of drug-likeness (QED) is 0.673. The van der Waals surface area contributed by atoms with Crippen molar-refractivity contribution < 1.29 is 4.21 Å². The summed E-state index contributed by atoms with van der Waals surface area (Å²) in [5.74, 6) is 0.555. The predicted octanol–water partition coefficient (Wildman–Crippen LogP) is 4.63. The Bertz CT molecular complexity index is 800. The maximum absolute atomic E-state index is 12.8. The zero-order valence-corrected chi connectivity index (χ0v) is 15.2. The molecule has 0 saturated heterocycles. The second-order valence-corrected chi connectivity index (χ2v) is 7.65. The van der Waals surface area contributed by atoms with E-state index in [1.165, 1.54) is 16.7 Å². The van der Waals surface area contributed by atoms with Crippen LogP contribution in [0.1, 0.15) is 22.7 Å². The van der Waals surface area contributed by atoms with Gasteiger partial charge < -0.3 is 5.32 Å². The van der Waals surface area contributed by atoms with E-state index in [4.69, 9.17) is 0 Å². The normalized spacial score (nSPS) is 13.3. The molecule has 25 heavy (non-hydrogen) atoms. The molecule has 1 N–H and O–H groups in total. The molecule has 3 heteroatoms. The predicted molar refractivity (Wildman–Crippen MR) is 105 cm³/mol. The monoisotopic (exact) mass is 349 g/mol. The Hall–Kier alpha value is -2.23. The summed E-state index contributed by atoms with van der Waals surface area (Å²) in [5.41, 5.74) is 3.58. The summed E-state index contributed by atoms with van der Waals surface area (Å²) in [6.45, 7) is 2.80. The van der Waals surface area contributed by atoms with Gasteiger partial charge in [0.1, 0.15) is 0 Å². The van der Waals surface area contributed by atoms with E-state index in [0.29, 0.717) is 5.75 Å². The second kappa shape index (κ2) is 8.75. The molecule has 0 aliphatic heterocycles. The maximum Gasteiger partial charge on any atom is 0.0548 e. The molecule has 2 atom stereocenters. The fourth-order valence-corrected chi connectivity index (χ4v) is 3.98. The van der Waals surface area contributed by atoms with Crippen molar-refractivity contribution >= 4 is 10.8 Å². The lowest BCUT2D eigenvalue weighted by molar-refractivity contribution is 0.573. The van der Waals surface area contributed by atoms with E-state index >= 15 is 0 Å². The minimum atomic E-state index is -1.04. The van der Waals surface area contributed by atoms with Crippen molar-refractivity contribution in [2.75, 3.05) is 5.75 Å². The van der Waals surface area contributed by atoms with Gasteiger partial charge in [-0.25, -0.2) is 0 Å². The van der Waals surface area contributed by atoms with Crippen LogP contribution < -0.4 is 5.32 Å². The zero-order chi connectivity index (χ0) is 17.5. The van der Waals surface area contributed by atoms with E-state index in [1.807, 2.05) is 67.6 Å². The molecule has 3 aromatic carbocycles. The van der Waals surface area contributed by atoms with Gasteiger partial charge in [-0.05, 0) is 30.2 Å². The summed E-state index contributed by atoms with van der Waals surface area (Å²) in [5, 5.41) is 3.57. The Morgan fingerprint density at radius 2 is 1.44 bits per heavy atom. The van der Waals surface area contributed by atoms with Crippen LogP contribution >= 0.6 is 0 Å². The van der Waals surface area contributed by atoms with E-state index in [9.17, 15) is 4.21 Å². The van der Waals surface area contributed by atoms with Crippen LogP contribution in [0.15, 0.2) is 89.8 Å². The second-order valence-electron chi connectivity index (χ2n) is 6.16. The van der Waals surface area contributed by atoms with Crippen molar-refractivity contribution in [1.29, 1.82) is 0 Å². The molecule has 0 spiro atoms. The summed E-state index contributed by atoms with van der Waals surface area (Å²) in [6.07, 6.45) is 0. The summed E-state index contributed by atoms with van der Waals surface area (Å²) in [4.78, 5) is 0.882. The molecule has 3 rings (SSSR count). The molecule has 128 valence electrons. The molecular formula is C22H23NOS. The summed E-state index contributed by atoms with van der Waals surface area (Å²) >= 11 is 0. The van der Waals surface area contributed by atoms with Crippen LogP contribution in [-0.4, -0.2) is 9.96 Å². The zero-order valence-electron chi connectivity index (χ0n) is 14.4. The van der Waals surface area contributed by atoms with Gasteiger partial charge in [-0.1, -0.05) is 78.4 Å². The fourth-order valence-electron chi connectivity index (χ4n) is 2.73. The molecule has 0 fully saturated rings. The molecule has 0 radical (unpaired) electrons. The van der Waals surface area contributed by atoms with Crippen molar-refractivity contribution in [2.45, 2.75) is 24.4 Å². The number of hydrogen-bond acceptors (Lipinski definition) is 2. The van der Waals surface area contributed by atoms with Gasteiger partial charge in [-0.2, -0.15) is 0 Å². The van der Waals surface area contributed by atoms with Crippen molar-refractivity contribution in [1.82, 2.24) is 5.32 Å². The third-order valence-corrected chi connectivity index (χ3v) is 5.63. The van der Waals surface area contributed by atoms with Crippen molar-refractivity contribution in [3.05, 3.63) is 102 Å². The highest BCUT2D eigenvalue weighted by Gasteiger charge is 2.16. The first-order valence-electron chi connectivity index (χ1n) is 8.49. The topological polar surface area (TPSA) is 29.1 Å². The average molecular weight is 349 g/mol. The average Bonchev–Trinajstić information content (AvgIpc) is 2.67. The van der Waals surface area contributed by atoms with E-state index in [2.05, 4.69) is 29.6 Å². The Morgan fingerprint density at radius 3 is 2.08 bits per heavy atom. The number of hydrogen-bond donors (Lipinski definition) is 1. The smallest absolute Gasteiger partial charge is 0.0548 e. The summed E-state index contributed by atoms with van der Waals surface area (Å²) < 4.78 is 12.8. The summed E-state index contributed by atoms with van der Waals surface area (Å²) in [7, 11) is -1.04. The SMILES string of the molecule is Cc1ccc([S@@](=O)C[C@H](NCc2ccccc2)c2ccccc2)cc1. The molecule has 0 amide bonds. The first-order valence-corrected chi connectivity index (χ1v) is 9.81. The molecule has 0 aliphatic carbocycles. The highest BCUT2D eigenvalue weighted by molar-refractivity contribution is 7.85. The van der Waals surface area contributed by atoms with Crippen LogP contribution in [0.25, 0.3) is 0 Å². The molecule has 0 saturated carbocycles. The lowest BCUT2D eigenvalue weighted by Gasteiger charge is -2.19. The Kier molecular flexibility index (Phi) is 6.15. The number of rotatable bonds is 7. The van der Waals surface area contributed by atoms with Gasteiger partial charge in [-0.15, -0.1) is 0 Å². The van der Waals surface area contributed by atoms with Crippen LogP contribution in [0.3, 0.4) is 0 Å². The Labute approximate surface area is 152 Å². The maximum atomic E-state index is 12.8. The van der Waals surface area contributed by atoms with Crippen molar-refractivity contribution in [3.8, 4) is 0 Å². The molecule has 3 aromatic rings. The standard InChI is InChI=1S/C22H23NOS/c1-18-12-14-21(15-13-18)25(24)17-22(20-10-6-3-7-11-20)23-16-19-8-4-2-5-9-19/h2-15,22-23H,16-17H2,1H3/t22-,25-/m0/s1. The largest absolute Gasteiger partial charge is 0.305 e. The Morgan fingerprint density at radius 1 is 0.840 bits per heavy atom. The van der Waals surface area contributed by atoms with Crippen molar-refractivity contribution in [2.24, 2.45) is 0 Å². The van der Waals surface area contributed by atoms with E-state index in [-0.39, 0.29) is 6.04 Å². The van der Waals surface area contributed by atoms with E-state index < -0.39 is 10.8 Å². The van der Waals surface area contributed by atoms with Gasteiger partial charge in [0.15, 0.2) is 0 Å². The molecule has 0 bridgehead atoms. The van der Waals surface area contributed by atoms with Crippen LogP contribution in [0.4, 0.5) is 0 Å². The molecule has 2 nitrogen and oxygen atoms in total. The number of benzene rings is 3. The molecule has 0 unspecified atom stereocenters. The number of nitrogens with one attached hydrogen (secondary N) is 1. The highest BCUT2D eigenvalue weighted by atomic mass is 32.2. The highest BCUT2D eigenvalue weighted by Crippen LogP contribution is 2.18. The van der Waals surface area contributed by atoms with Gasteiger partial charge in [0.05, 0.1) is 10.8 Å². The third-order valence-electron chi connectivity index (χ3n) is 4.20. The fraction of sp³-hybridized carbons (Fsp3) is 0.182. The van der Waals surface area contributed by atoms with Crippen LogP contribution in [0.2, 0.25) is 0 Å². The lowest BCUT2D eigenvalue weighted by atomic mass is 10.1. The van der Waals surface area contributed by atoms with Gasteiger partial charge >= 0.3 is 0 Å². The van der Waals surface area contributed by atoms with Gasteiger partial charge in [-0.3, -0.25) is 4.21 Å². The minimum absolute atomic E-state index is 0.0449. The first-order chi connectivity index (χ1) is 12.2. The van der Waals surface area contributed by atoms with E-state index in [1.54, 1.807) is 0 Å². The molecule has 0 aliphatic rings. The first kappa shape index (κ1) is 17.6. The van der Waals surface area contributed by atoms with Gasteiger partial charge in [0.25, 0.3) is 0 Å².